The molecule has 2 atom stereocenters. The Labute approximate surface area is 72.4 Å². The molecule has 68 valence electrons. The molecule has 1 N–H and O–H groups in total. The second kappa shape index (κ2) is 3.05. The average molecular weight is 169 g/mol. The average Bonchev–Trinajstić information content (AvgIpc) is 2.49. The summed E-state index contributed by atoms with van der Waals surface area (Å²) in [6.07, 6.45) is 5.56. The molecular formula is C9H15NO2. The predicted octanol–water partition coefficient (Wildman–Crippen LogP) is 1.09. The normalized spacial score (nSPS) is 36.3. The fraction of sp³-hybridized carbons (Fsp3) is 0.889. The van der Waals surface area contributed by atoms with Crippen molar-refractivity contribution in [1.82, 2.24) is 4.90 Å². The van der Waals surface area contributed by atoms with Crippen LogP contribution < -0.4 is 0 Å². The van der Waals surface area contributed by atoms with Gasteiger partial charge in [-0.1, -0.05) is 0 Å². The maximum Gasteiger partial charge on any atom is 0.320 e. The third kappa shape index (κ3) is 1.22. The second-order valence-corrected chi connectivity index (χ2v) is 3.82. The molecule has 1 unspecified atom stereocenters. The number of carboxylic acid groups (broad SMARTS) is 1. The van der Waals surface area contributed by atoms with Crippen molar-refractivity contribution in [2.45, 2.75) is 44.2 Å². The van der Waals surface area contributed by atoms with Crippen molar-refractivity contribution in [2.75, 3.05) is 6.54 Å². The van der Waals surface area contributed by atoms with Gasteiger partial charge in [0, 0.05) is 6.04 Å². The quantitative estimate of drug-likeness (QED) is 0.638. The highest BCUT2D eigenvalue weighted by atomic mass is 16.4. The van der Waals surface area contributed by atoms with Crippen LogP contribution in [0.1, 0.15) is 32.1 Å². The number of fused-ring (bicyclic) bond motifs is 1. The van der Waals surface area contributed by atoms with Crippen LogP contribution in [0, 0.1) is 0 Å². The van der Waals surface area contributed by atoms with Crippen molar-refractivity contribution in [3.8, 4) is 0 Å². The van der Waals surface area contributed by atoms with Crippen molar-refractivity contribution in [1.29, 1.82) is 0 Å². The van der Waals surface area contributed by atoms with Gasteiger partial charge in [0.2, 0.25) is 0 Å². The van der Waals surface area contributed by atoms with E-state index in [9.17, 15) is 4.79 Å². The molecule has 0 aliphatic carbocycles. The van der Waals surface area contributed by atoms with E-state index in [1.807, 2.05) is 0 Å². The predicted molar refractivity (Wildman–Crippen MR) is 45.0 cm³/mol. The summed E-state index contributed by atoms with van der Waals surface area (Å²) in [5.74, 6) is -0.624. The van der Waals surface area contributed by atoms with E-state index in [0.717, 1.165) is 19.4 Å². The van der Waals surface area contributed by atoms with Crippen molar-refractivity contribution >= 4 is 5.97 Å². The van der Waals surface area contributed by atoms with E-state index in [4.69, 9.17) is 5.11 Å². The summed E-state index contributed by atoms with van der Waals surface area (Å²) < 4.78 is 0. The summed E-state index contributed by atoms with van der Waals surface area (Å²) in [5, 5.41) is 8.94. The number of hydrogen-bond donors (Lipinski definition) is 1. The van der Waals surface area contributed by atoms with Crippen molar-refractivity contribution < 1.29 is 9.90 Å². The summed E-state index contributed by atoms with van der Waals surface area (Å²) in [6, 6.07) is 0.408. The highest BCUT2D eigenvalue weighted by molar-refractivity contribution is 5.73. The van der Waals surface area contributed by atoms with Gasteiger partial charge in [0.1, 0.15) is 6.04 Å². The minimum absolute atomic E-state index is 0.175. The lowest BCUT2D eigenvalue weighted by Crippen LogP contribution is -2.46. The molecule has 0 bridgehead atoms. The minimum atomic E-state index is -0.624. The third-order valence-electron chi connectivity index (χ3n) is 3.12. The number of rotatable bonds is 1. The number of aliphatic carboxylic acids is 1. The van der Waals surface area contributed by atoms with Gasteiger partial charge in [0.15, 0.2) is 0 Å². The highest BCUT2D eigenvalue weighted by Gasteiger charge is 2.37. The Bertz CT molecular complexity index is 193. The van der Waals surface area contributed by atoms with Gasteiger partial charge < -0.3 is 5.11 Å². The van der Waals surface area contributed by atoms with Gasteiger partial charge in [-0.25, -0.2) is 0 Å². The first-order valence-electron chi connectivity index (χ1n) is 4.77. The van der Waals surface area contributed by atoms with Crippen LogP contribution in [0.25, 0.3) is 0 Å². The van der Waals surface area contributed by atoms with Crippen molar-refractivity contribution in [2.24, 2.45) is 0 Å². The lowest BCUT2D eigenvalue weighted by atomic mass is 9.97. The molecule has 0 aromatic rings. The Balaban J connectivity index is 2.08. The van der Waals surface area contributed by atoms with Crippen molar-refractivity contribution in [3.05, 3.63) is 0 Å². The molecule has 2 rings (SSSR count). The van der Waals surface area contributed by atoms with E-state index >= 15 is 0 Å². The Morgan fingerprint density at radius 1 is 1.25 bits per heavy atom. The van der Waals surface area contributed by atoms with Crippen LogP contribution >= 0.6 is 0 Å². The first-order chi connectivity index (χ1) is 5.79. The fourth-order valence-corrected chi connectivity index (χ4v) is 2.56. The summed E-state index contributed by atoms with van der Waals surface area (Å²) in [7, 11) is 0. The molecule has 12 heavy (non-hydrogen) atoms. The van der Waals surface area contributed by atoms with E-state index in [-0.39, 0.29) is 6.04 Å². The molecule has 3 nitrogen and oxygen atoms in total. The number of piperidine rings is 1. The fourth-order valence-electron chi connectivity index (χ4n) is 2.56. The lowest BCUT2D eigenvalue weighted by molar-refractivity contribution is -0.145. The van der Waals surface area contributed by atoms with Crippen LogP contribution in [-0.4, -0.2) is 34.6 Å². The van der Waals surface area contributed by atoms with Gasteiger partial charge in [-0.05, 0) is 38.6 Å². The molecule has 2 aliphatic rings. The number of carbonyl (C=O) groups is 1. The van der Waals surface area contributed by atoms with Crippen LogP contribution in [0.5, 0.6) is 0 Å². The molecule has 2 heterocycles. The van der Waals surface area contributed by atoms with Crippen LogP contribution in [0.4, 0.5) is 0 Å². The standard InChI is InChI=1S/C9H15NO2/c11-9(12)8-5-1-3-7-4-2-6-10(7)8/h7-8H,1-6H2,(H,11,12)/t7?,8-/m0/s1. The first kappa shape index (κ1) is 8.05. The summed E-state index contributed by atoms with van der Waals surface area (Å²) in [6.45, 7) is 1.00. The van der Waals surface area contributed by atoms with E-state index in [2.05, 4.69) is 4.90 Å². The molecule has 0 radical (unpaired) electrons. The summed E-state index contributed by atoms with van der Waals surface area (Å²) >= 11 is 0. The topological polar surface area (TPSA) is 40.5 Å². The number of hydrogen-bond acceptors (Lipinski definition) is 2. The van der Waals surface area contributed by atoms with E-state index in [0.29, 0.717) is 6.04 Å². The lowest BCUT2D eigenvalue weighted by Gasteiger charge is -2.34. The van der Waals surface area contributed by atoms with Crippen LogP contribution in [0.2, 0.25) is 0 Å². The van der Waals surface area contributed by atoms with Crippen molar-refractivity contribution in [3.63, 3.8) is 0 Å². The van der Waals surface area contributed by atoms with Gasteiger partial charge in [0.05, 0.1) is 0 Å². The highest BCUT2D eigenvalue weighted by Crippen LogP contribution is 2.30. The zero-order valence-electron chi connectivity index (χ0n) is 7.20. The molecule has 2 saturated heterocycles. The van der Waals surface area contributed by atoms with Gasteiger partial charge >= 0.3 is 5.97 Å². The van der Waals surface area contributed by atoms with E-state index in [1.165, 1.54) is 19.3 Å². The molecule has 0 aromatic carbocycles. The van der Waals surface area contributed by atoms with E-state index < -0.39 is 5.97 Å². The number of nitrogens with zero attached hydrogens (tertiary/aromatic N) is 1. The Morgan fingerprint density at radius 3 is 2.75 bits per heavy atom. The zero-order valence-corrected chi connectivity index (χ0v) is 7.20. The maximum atomic E-state index is 10.9. The summed E-state index contributed by atoms with van der Waals surface area (Å²) in [5.41, 5.74) is 0. The molecule has 0 amide bonds. The van der Waals surface area contributed by atoms with Crippen LogP contribution in [-0.2, 0) is 4.79 Å². The molecular weight excluding hydrogens is 154 g/mol. The zero-order chi connectivity index (χ0) is 8.55. The van der Waals surface area contributed by atoms with Gasteiger partial charge in [-0.2, -0.15) is 0 Å². The molecule has 2 fully saturated rings. The summed E-state index contributed by atoms with van der Waals surface area (Å²) in [4.78, 5) is 13.0. The SMILES string of the molecule is O=C(O)[C@@H]1CCCC2CCCN21. The maximum absolute atomic E-state index is 10.9. The smallest absolute Gasteiger partial charge is 0.320 e. The monoisotopic (exact) mass is 169 g/mol. The van der Waals surface area contributed by atoms with Crippen LogP contribution in [0.15, 0.2) is 0 Å². The minimum Gasteiger partial charge on any atom is -0.480 e. The Kier molecular flexibility index (Phi) is 2.05. The van der Waals surface area contributed by atoms with Gasteiger partial charge in [0.25, 0.3) is 0 Å². The number of carboxylic acids is 1. The second-order valence-electron chi connectivity index (χ2n) is 3.82. The van der Waals surface area contributed by atoms with Gasteiger partial charge in [-0.3, -0.25) is 9.69 Å². The third-order valence-corrected chi connectivity index (χ3v) is 3.12. The van der Waals surface area contributed by atoms with Crippen LogP contribution in [0.3, 0.4) is 0 Å². The largest absolute Gasteiger partial charge is 0.480 e. The molecule has 0 saturated carbocycles. The molecule has 2 aliphatic heterocycles. The van der Waals surface area contributed by atoms with Gasteiger partial charge in [-0.15, -0.1) is 0 Å². The molecule has 3 heteroatoms. The Hall–Kier alpha value is -0.570. The molecule has 0 spiro atoms. The Morgan fingerprint density at radius 2 is 2.00 bits per heavy atom. The van der Waals surface area contributed by atoms with E-state index in [1.54, 1.807) is 0 Å². The molecule has 0 aromatic heterocycles. The first-order valence-corrected chi connectivity index (χ1v) is 4.77.